The molecule has 186 valence electrons. The van der Waals surface area contributed by atoms with E-state index in [1.807, 2.05) is 47.4 Å². The number of benzene rings is 2. The zero-order chi connectivity index (χ0) is 24.9. The van der Waals surface area contributed by atoms with Crippen molar-refractivity contribution < 1.29 is 23.9 Å². The normalized spacial score (nSPS) is 18.1. The van der Waals surface area contributed by atoms with Crippen molar-refractivity contribution in [3.05, 3.63) is 53.6 Å². The van der Waals surface area contributed by atoms with Crippen LogP contribution in [-0.4, -0.2) is 80.9 Å². The van der Waals surface area contributed by atoms with E-state index in [-0.39, 0.29) is 29.9 Å². The lowest BCUT2D eigenvalue weighted by molar-refractivity contribution is -0.136. The van der Waals surface area contributed by atoms with Crippen molar-refractivity contribution in [1.82, 2.24) is 9.80 Å². The van der Waals surface area contributed by atoms with Crippen LogP contribution in [-0.2, 0) is 16.0 Å². The number of piperazine rings is 1. The molecule has 2 saturated heterocycles. The third-order valence-corrected chi connectivity index (χ3v) is 6.91. The molecular formula is C27H33N3O5. The number of hydrogen-bond donors (Lipinski definition) is 0. The highest BCUT2D eigenvalue weighted by Gasteiger charge is 2.37. The molecule has 0 N–H and O–H groups in total. The van der Waals surface area contributed by atoms with Crippen molar-refractivity contribution in [3.63, 3.8) is 0 Å². The minimum atomic E-state index is -0.283. The number of carbonyl (C=O) groups is 3. The fraction of sp³-hybridized carbons (Fsp3) is 0.444. The molecule has 2 aromatic rings. The van der Waals surface area contributed by atoms with Gasteiger partial charge in [-0.1, -0.05) is 6.07 Å². The van der Waals surface area contributed by atoms with E-state index in [0.717, 1.165) is 24.3 Å². The summed E-state index contributed by atoms with van der Waals surface area (Å²) in [7, 11) is 3.20. The van der Waals surface area contributed by atoms with Crippen LogP contribution in [0.3, 0.4) is 0 Å². The van der Waals surface area contributed by atoms with Crippen LogP contribution >= 0.6 is 0 Å². The van der Waals surface area contributed by atoms with Gasteiger partial charge in [0.05, 0.1) is 20.1 Å². The van der Waals surface area contributed by atoms with E-state index in [2.05, 4.69) is 4.90 Å². The molecule has 2 heterocycles. The lowest BCUT2D eigenvalue weighted by Crippen LogP contribution is -2.50. The van der Waals surface area contributed by atoms with Gasteiger partial charge in [0.25, 0.3) is 0 Å². The molecule has 2 aliphatic rings. The standard InChI is InChI=1S/C27H33N3O5/c1-19(31)21-5-7-23(8-6-21)28-12-14-29(15-13-28)27(33)22-17-26(32)30(18-22)11-10-20-4-9-24(34-2)25(16-20)35-3/h4-9,16,22H,10-15,17-18H2,1-3H3/t22-/m0/s1. The SMILES string of the molecule is COc1ccc(CCN2C[C@@H](C(=O)N3CCN(c4ccc(C(C)=O)cc4)CC3)CC2=O)cc1OC. The van der Waals surface area contributed by atoms with Crippen LogP contribution in [0.15, 0.2) is 42.5 Å². The molecule has 2 aliphatic heterocycles. The number of hydrogen-bond acceptors (Lipinski definition) is 6. The van der Waals surface area contributed by atoms with Gasteiger partial charge in [-0.3, -0.25) is 14.4 Å². The second-order valence-corrected chi connectivity index (χ2v) is 9.10. The Morgan fingerprint density at radius 2 is 1.63 bits per heavy atom. The van der Waals surface area contributed by atoms with Gasteiger partial charge < -0.3 is 24.2 Å². The van der Waals surface area contributed by atoms with E-state index >= 15 is 0 Å². The van der Waals surface area contributed by atoms with Crippen LogP contribution in [0.4, 0.5) is 5.69 Å². The summed E-state index contributed by atoms with van der Waals surface area (Å²) in [4.78, 5) is 43.1. The number of rotatable bonds is 8. The highest BCUT2D eigenvalue weighted by atomic mass is 16.5. The minimum absolute atomic E-state index is 0.0352. The topological polar surface area (TPSA) is 79.4 Å². The number of nitrogens with zero attached hydrogens (tertiary/aromatic N) is 3. The predicted molar refractivity (Wildman–Crippen MR) is 133 cm³/mol. The summed E-state index contributed by atoms with van der Waals surface area (Å²) in [5.74, 6) is 1.21. The molecule has 8 nitrogen and oxygen atoms in total. The Hall–Kier alpha value is -3.55. The summed E-state index contributed by atoms with van der Waals surface area (Å²) in [5.41, 5.74) is 2.81. The van der Waals surface area contributed by atoms with Crippen LogP contribution in [0.5, 0.6) is 11.5 Å². The average Bonchev–Trinajstić information content (AvgIpc) is 3.27. The highest BCUT2D eigenvalue weighted by molar-refractivity contribution is 5.94. The second-order valence-electron chi connectivity index (χ2n) is 9.10. The first-order chi connectivity index (χ1) is 16.9. The fourth-order valence-corrected chi connectivity index (χ4v) is 4.80. The number of anilines is 1. The van der Waals surface area contributed by atoms with Crippen LogP contribution in [0.2, 0.25) is 0 Å². The van der Waals surface area contributed by atoms with Gasteiger partial charge in [-0.15, -0.1) is 0 Å². The highest BCUT2D eigenvalue weighted by Crippen LogP contribution is 2.28. The van der Waals surface area contributed by atoms with E-state index < -0.39 is 0 Å². The molecule has 0 spiro atoms. The number of carbonyl (C=O) groups excluding carboxylic acids is 3. The molecule has 35 heavy (non-hydrogen) atoms. The summed E-state index contributed by atoms with van der Waals surface area (Å²) in [6, 6.07) is 13.4. The Labute approximate surface area is 206 Å². The first kappa shape index (κ1) is 24.6. The van der Waals surface area contributed by atoms with Crippen molar-refractivity contribution in [2.75, 3.05) is 58.4 Å². The molecular weight excluding hydrogens is 446 g/mol. The maximum Gasteiger partial charge on any atom is 0.228 e. The Kier molecular flexibility index (Phi) is 7.58. The zero-order valence-corrected chi connectivity index (χ0v) is 20.7. The maximum absolute atomic E-state index is 13.1. The van der Waals surface area contributed by atoms with Crippen LogP contribution < -0.4 is 14.4 Å². The third-order valence-electron chi connectivity index (χ3n) is 6.91. The van der Waals surface area contributed by atoms with Gasteiger partial charge in [0, 0.05) is 56.9 Å². The smallest absolute Gasteiger partial charge is 0.228 e. The summed E-state index contributed by atoms with van der Waals surface area (Å²) >= 11 is 0. The average molecular weight is 480 g/mol. The Morgan fingerprint density at radius 3 is 2.26 bits per heavy atom. The Morgan fingerprint density at radius 1 is 0.943 bits per heavy atom. The van der Waals surface area contributed by atoms with Crippen LogP contribution in [0.1, 0.15) is 29.3 Å². The predicted octanol–water partition coefficient (Wildman–Crippen LogP) is 2.65. The molecule has 2 aromatic carbocycles. The van der Waals surface area contributed by atoms with E-state index in [0.29, 0.717) is 49.7 Å². The molecule has 0 saturated carbocycles. The largest absolute Gasteiger partial charge is 0.493 e. The molecule has 2 amide bonds. The van der Waals surface area contributed by atoms with Gasteiger partial charge in [0.15, 0.2) is 17.3 Å². The summed E-state index contributed by atoms with van der Waals surface area (Å²) < 4.78 is 10.6. The molecule has 0 bridgehead atoms. The molecule has 0 aromatic heterocycles. The number of Topliss-reactive ketones (excluding diaryl/α,β-unsaturated/α-hetero) is 1. The van der Waals surface area contributed by atoms with E-state index in [1.165, 1.54) is 0 Å². The molecule has 8 heteroatoms. The summed E-state index contributed by atoms with van der Waals surface area (Å²) in [6.07, 6.45) is 0.964. The van der Waals surface area contributed by atoms with E-state index in [4.69, 9.17) is 9.47 Å². The van der Waals surface area contributed by atoms with Gasteiger partial charge in [0.1, 0.15) is 0 Å². The van der Waals surface area contributed by atoms with Gasteiger partial charge in [-0.05, 0) is 55.3 Å². The quantitative estimate of drug-likeness (QED) is 0.542. The molecule has 2 fully saturated rings. The van der Waals surface area contributed by atoms with Crippen LogP contribution in [0, 0.1) is 5.92 Å². The minimum Gasteiger partial charge on any atom is -0.493 e. The first-order valence-corrected chi connectivity index (χ1v) is 12.0. The molecule has 1 atom stereocenters. The molecule has 0 unspecified atom stereocenters. The number of likely N-dealkylation sites (tertiary alicyclic amines) is 1. The van der Waals surface area contributed by atoms with Gasteiger partial charge >= 0.3 is 0 Å². The second kappa shape index (κ2) is 10.8. The Balaban J connectivity index is 1.28. The number of ether oxygens (including phenoxy) is 2. The molecule has 0 radical (unpaired) electrons. The van der Waals surface area contributed by atoms with E-state index in [1.54, 1.807) is 26.0 Å². The van der Waals surface area contributed by atoms with Crippen molar-refractivity contribution in [2.24, 2.45) is 5.92 Å². The first-order valence-electron chi connectivity index (χ1n) is 12.0. The lowest BCUT2D eigenvalue weighted by atomic mass is 10.1. The molecule has 4 rings (SSSR count). The number of ketones is 1. The number of amides is 2. The zero-order valence-electron chi connectivity index (χ0n) is 20.7. The van der Waals surface area contributed by atoms with Crippen LogP contribution in [0.25, 0.3) is 0 Å². The summed E-state index contributed by atoms with van der Waals surface area (Å²) in [5, 5.41) is 0. The van der Waals surface area contributed by atoms with Crippen molar-refractivity contribution in [2.45, 2.75) is 19.8 Å². The van der Waals surface area contributed by atoms with Gasteiger partial charge in [-0.25, -0.2) is 0 Å². The van der Waals surface area contributed by atoms with E-state index in [9.17, 15) is 14.4 Å². The van der Waals surface area contributed by atoms with Gasteiger partial charge in [-0.2, -0.15) is 0 Å². The van der Waals surface area contributed by atoms with Crippen molar-refractivity contribution in [3.8, 4) is 11.5 Å². The number of methoxy groups -OCH3 is 2. The van der Waals surface area contributed by atoms with Crippen molar-refractivity contribution >= 4 is 23.3 Å². The molecule has 0 aliphatic carbocycles. The maximum atomic E-state index is 13.1. The van der Waals surface area contributed by atoms with Crippen molar-refractivity contribution in [1.29, 1.82) is 0 Å². The monoisotopic (exact) mass is 479 g/mol. The fourth-order valence-electron chi connectivity index (χ4n) is 4.80. The third kappa shape index (κ3) is 5.58. The van der Waals surface area contributed by atoms with Gasteiger partial charge in [0.2, 0.25) is 11.8 Å². The Bertz CT molecular complexity index is 1080. The summed E-state index contributed by atoms with van der Waals surface area (Å²) in [6.45, 7) is 5.32. The lowest BCUT2D eigenvalue weighted by Gasteiger charge is -2.37.